The second kappa shape index (κ2) is 25.6. The van der Waals surface area contributed by atoms with Crippen molar-refractivity contribution >= 4 is 0 Å². The molecule has 5 heteroatoms. The average molecular weight is 272 g/mol. The van der Waals surface area contributed by atoms with E-state index in [-0.39, 0.29) is 42.4 Å². The monoisotopic (exact) mass is 272 g/mol. The van der Waals surface area contributed by atoms with E-state index in [1.807, 2.05) is 0 Å². The molecular formula is C13H36O5. The lowest BCUT2D eigenvalue weighted by atomic mass is 10.4. The van der Waals surface area contributed by atoms with E-state index in [2.05, 4.69) is 0 Å². The van der Waals surface area contributed by atoms with Gasteiger partial charge in [0, 0.05) is 14.2 Å². The van der Waals surface area contributed by atoms with Crippen LogP contribution in [0.5, 0.6) is 0 Å². The molecular weight excluding hydrogens is 236 g/mol. The first kappa shape index (κ1) is 30.7. The van der Waals surface area contributed by atoms with Crippen LogP contribution >= 0.6 is 0 Å². The predicted octanol–water partition coefficient (Wildman–Crippen LogP) is 2.22. The SMILES string of the molecule is C.C.C.C.COCCOCC(CO)OCCOC. The number of methoxy groups -OCH3 is 2. The smallest absolute Gasteiger partial charge is 0.104 e. The third-order valence-electron chi connectivity index (χ3n) is 1.58. The summed E-state index contributed by atoms with van der Waals surface area (Å²) >= 11 is 0. The molecule has 118 valence electrons. The first-order chi connectivity index (χ1) is 6.85. The van der Waals surface area contributed by atoms with Gasteiger partial charge in [-0.25, -0.2) is 0 Å². The minimum absolute atomic E-state index is 0. The highest BCUT2D eigenvalue weighted by atomic mass is 16.6. The molecule has 0 aromatic heterocycles. The molecule has 0 fully saturated rings. The Morgan fingerprint density at radius 1 is 0.833 bits per heavy atom. The van der Waals surface area contributed by atoms with E-state index in [9.17, 15) is 0 Å². The van der Waals surface area contributed by atoms with E-state index in [0.717, 1.165) is 0 Å². The van der Waals surface area contributed by atoms with Crippen LogP contribution in [0.1, 0.15) is 29.7 Å². The summed E-state index contributed by atoms with van der Waals surface area (Å²) in [6, 6.07) is 0. The van der Waals surface area contributed by atoms with Crippen molar-refractivity contribution in [2.45, 2.75) is 35.8 Å². The lowest BCUT2D eigenvalue weighted by Crippen LogP contribution is -2.26. The van der Waals surface area contributed by atoms with Crippen LogP contribution in [0.4, 0.5) is 0 Å². The van der Waals surface area contributed by atoms with Gasteiger partial charge in [0.25, 0.3) is 0 Å². The Morgan fingerprint density at radius 3 is 1.78 bits per heavy atom. The summed E-state index contributed by atoms with van der Waals surface area (Å²) < 4.78 is 20.1. The molecule has 0 bridgehead atoms. The van der Waals surface area contributed by atoms with E-state index in [1.165, 1.54) is 0 Å². The van der Waals surface area contributed by atoms with E-state index in [0.29, 0.717) is 33.0 Å². The van der Waals surface area contributed by atoms with Crippen LogP contribution in [0.25, 0.3) is 0 Å². The zero-order valence-electron chi connectivity index (χ0n) is 8.90. The van der Waals surface area contributed by atoms with E-state index in [1.54, 1.807) is 14.2 Å². The van der Waals surface area contributed by atoms with Crippen LogP contribution in [0.3, 0.4) is 0 Å². The van der Waals surface area contributed by atoms with Gasteiger partial charge in [-0.3, -0.25) is 0 Å². The first-order valence-electron chi connectivity index (χ1n) is 4.63. The molecule has 0 saturated carbocycles. The summed E-state index contributed by atoms with van der Waals surface area (Å²) in [6.07, 6.45) is -0.276. The van der Waals surface area contributed by atoms with E-state index in [4.69, 9.17) is 24.1 Å². The van der Waals surface area contributed by atoms with Crippen LogP contribution in [0, 0.1) is 0 Å². The maximum absolute atomic E-state index is 8.90. The van der Waals surface area contributed by atoms with E-state index < -0.39 is 0 Å². The molecule has 0 aromatic carbocycles. The Morgan fingerprint density at radius 2 is 1.33 bits per heavy atom. The normalized spacial score (nSPS) is 10.2. The van der Waals surface area contributed by atoms with Gasteiger partial charge >= 0.3 is 0 Å². The average Bonchev–Trinajstić information content (AvgIpc) is 2.22. The summed E-state index contributed by atoms with van der Waals surface area (Å²) in [7, 11) is 3.22. The number of aliphatic hydroxyl groups excluding tert-OH is 1. The predicted molar refractivity (Wildman–Crippen MR) is 78.3 cm³/mol. The highest BCUT2D eigenvalue weighted by Crippen LogP contribution is 1.92. The Labute approximate surface area is 114 Å². The molecule has 0 rings (SSSR count). The highest BCUT2D eigenvalue weighted by Gasteiger charge is 2.07. The third kappa shape index (κ3) is 21.1. The number of aliphatic hydroxyl groups is 1. The van der Waals surface area contributed by atoms with Crippen molar-refractivity contribution in [2.24, 2.45) is 0 Å². The van der Waals surface area contributed by atoms with Gasteiger partial charge in [0.1, 0.15) is 6.10 Å². The van der Waals surface area contributed by atoms with Crippen molar-refractivity contribution in [3.63, 3.8) is 0 Å². The molecule has 5 nitrogen and oxygen atoms in total. The van der Waals surface area contributed by atoms with Gasteiger partial charge in [0.05, 0.1) is 39.6 Å². The first-order valence-corrected chi connectivity index (χ1v) is 4.63. The minimum atomic E-state index is -0.276. The summed E-state index contributed by atoms with van der Waals surface area (Å²) in [5.41, 5.74) is 0. The lowest BCUT2D eigenvalue weighted by Gasteiger charge is -2.15. The summed E-state index contributed by atoms with van der Waals surface area (Å²) in [5.74, 6) is 0. The largest absolute Gasteiger partial charge is 0.394 e. The van der Waals surface area contributed by atoms with Gasteiger partial charge in [-0.2, -0.15) is 0 Å². The zero-order valence-corrected chi connectivity index (χ0v) is 8.90. The van der Waals surface area contributed by atoms with Crippen molar-refractivity contribution in [3.05, 3.63) is 0 Å². The molecule has 0 heterocycles. The van der Waals surface area contributed by atoms with Crippen molar-refractivity contribution in [3.8, 4) is 0 Å². The van der Waals surface area contributed by atoms with Gasteiger partial charge in [0.2, 0.25) is 0 Å². The third-order valence-corrected chi connectivity index (χ3v) is 1.58. The van der Waals surface area contributed by atoms with Gasteiger partial charge in [-0.05, 0) is 0 Å². The summed E-state index contributed by atoms with van der Waals surface area (Å²) in [4.78, 5) is 0. The van der Waals surface area contributed by atoms with Crippen LogP contribution < -0.4 is 0 Å². The standard InChI is InChI=1S/C9H20O5.4CH4/c1-11-3-5-13-8-9(7-10)14-6-4-12-2;;;;/h9-10H,3-8H2,1-2H3;4*1H4. The van der Waals surface area contributed by atoms with Gasteiger partial charge in [0.15, 0.2) is 0 Å². The lowest BCUT2D eigenvalue weighted by molar-refractivity contribution is -0.0603. The van der Waals surface area contributed by atoms with Crippen molar-refractivity contribution in [2.75, 3.05) is 53.9 Å². The molecule has 1 atom stereocenters. The molecule has 0 aliphatic rings. The van der Waals surface area contributed by atoms with Crippen molar-refractivity contribution in [1.29, 1.82) is 0 Å². The molecule has 0 spiro atoms. The van der Waals surface area contributed by atoms with Crippen molar-refractivity contribution < 1.29 is 24.1 Å². The van der Waals surface area contributed by atoms with Crippen LogP contribution in [0.15, 0.2) is 0 Å². The minimum Gasteiger partial charge on any atom is -0.394 e. The topological polar surface area (TPSA) is 57.2 Å². The van der Waals surface area contributed by atoms with Crippen LogP contribution in [0.2, 0.25) is 0 Å². The zero-order chi connectivity index (χ0) is 10.6. The molecule has 0 aromatic rings. The maximum atomic E-state index is 8.90. The summed E-state index contributed by atoms with van der Waals surface area (Å²) in [5, 5.41) is 8.90. The fraction of sp³-hybridized carbons (Fsp3) is 1.00. The number of rotatable bonds is 10. The summed E-state index contributed by atoms with van der Waals surface area (Å²) in [6.45, 7) is 2.39. The van der Waals surface area contributed by atoms with Crippen LogP contribution in [-0.2, 0) is 18.9 Å². The number of hydrogen-bond acceptors (Lipinski definition) is 5. The Hall–Kier alpha value is -0.200. The Bertz CT molecular complexity index is 112. The molecule has 18 heavy (non-hydrogen) atoms. The quantitative estimate of drug-likeness (QED) is 0.618. The molecule has 0 radical (unpaired) electrons. The van der Waals surface area contributed by atoms with Gasteiger partial charge in [-0.1, -0.05) is 29.7 Å². The molecule has 1 N–H and O–H groups in total. The van der Waals surface area contributed by atoms with Gasteiger partial charge in [-0.15, -0.1) is 0 Å². The molecule has 0 aliphatic heterocycles. The molecule has 1 unspecified atom stereocenters. The highest BCUT2D eigenvalue weighted by molar-refractivity contribution is 4.53. The fourth-order valence-corrected chi connectivity index (χ4v) is 0.809. The maximum Gasteiger partial charge on any atom is 0.104 e. The Kier molecular flexibility index (Phi) is 43.6. The second-order valence-electron chi connectivity index (χ2n) is 2.74. The second-order valence-corrected chi connectivity index (χ2v) is 2.74. The molecule has 0 amide bonds. The van der Waals surface area contributed by atoms with Crippen molar-refractivity contribution in [1.82, 2.24) is 0 Å². The van der Waals surface area contributed by atoms with Crippen LogP contribution in [-0.4, -0.2) is 65.1 Å². The molecule has 0 saturated heterocycles. The van der Waals surface area contributed by atoms with Gasteiger partial charge < -0.3 is 24.1 Å². The molecule has 0 aliphatic carbocycles. The number of ether oxygens (including phenoxy) is 4. The Balaban J connectivity index is -0.000000141. The fourth-order valence-electron chi connectivity index (χ4n) is 0.809. The number of hydrogen-bond donors (Lipinski definition) is 1. The van der Waals surface area contributed by atoms with E-state index >= 15 is 0 Å².